The molecule has 8 rings (SSSR count). The van der Waals surface area contributed by atoms with Gasteiger partial charge in [0.2, 0.25) is 23.7 Å². The molecule has 0 bridgehead atoms. The molecule has 0 saturated heterocycles. The van der Waals surface area contributed by atoms with Crippen molar-refractivity contribution < 1.29 is 22.8 Å². The minimum Gasteiger partial charge on any atom is -0.382 e. The number of anilines is 8. The Morgan fingerprint density at radius 3 is 1.42 bits per heavy atom. The Kier molecular flexibility index (Phi) is 14.7. The van der Waals surface area contributed by atoms with E-state index in [1.54, 1.807) is 42.7 Å². The molecule has 2 amide bonds. The summed E-state index contributed by atoms with van der Waals surface area (Å²) in [5, 5.41) is 19.3. The first-order valence-electron chi connectivity index (χ1n) is 20.3. The third kappa shape index (κ3) is 12.1. The minimum atomic E-state index is -2.41. The number of amides is 2. The lowest BCUT2D eigenvalue weighted by molar-refractivity contribution is -0.112. The lowest BCUT2D eigenvalue weighted by atomic mass is 10.0. The van der Waals surface area contributed by atoms with E-state index in [4.69, 9.17) is 9.97 Å². The number of nitrogens with one attached hydrogen (secondary N) is 6. The Labute approximate surface area is 372 Å². The first-order valence-corrected chi connectivity index (χ1v) is 20.3. The van der Waals surface area contributed by atoms with Crippen LogP contribution in [0.3, 0.4) is 0 Å². The van der Waals surface area contributed by atoms with Crippen LogP contribution in [0.25, 0.3) is 44.1 Å². The predicted molar refractivity (Wildman–Crippen MR) is 256 cm³/mol. The quantitative estimate of drug-likeness (QED) is 0.0516. The maximum Gasteiger partial charge on any atom is 0.255 e. The average molecular weight is 873 g/mol. The molecule has 2 heterocycles. The van der Waals surface area contributed by atoms with E-state index in [1.807, 2.05) is 103 Å². The lowest BCUT2D eigenvalue weighted by Crippen LogP contribution is -2.09. The van der Waals surface area contributed by atoms with E-state index < -0.39 is 19.6 Å². The van der Waals surface area contributed by atoms with Crippen molar-refractivity contribution in [1.29, 1.82) is 0 Å². The number of para-hydroxylation sites is 2. The molecule has 65 heavy (non-hydrogen) atoms. The van der Waals surface area contributed by atoms with Crippen molar-refractivity contribution in [2.45, 2.75) is 6.43 Å². The Hall–Kier alpha value is -8.59. The smallest absolute Gasteiger partial charge is 0.255 e. The monoisotopic (exact) mass is 872 g/mol. The fourth-order valence-electron chi connectivity index (χ4n) is 6.60. The van der Waals surface area contributed by atoms with Crippen LogP contribution in [0.15, 0.2) is 171 Å². The SMILES string of the molecule is C=CC(=O)Nc1cccc(-c2cccc3cnc(Nc4ccc(NCC(F)F)cc4)nc23)c1.C=CC(=O)Nc1cccc(-c2cccc3cnc(Nc4ccc(NCCF)cc4)nc23)c1. The second-order valence-electron chi connectivity index (χ2n) is 14.2. The molecule has 12 nitrogen and oxygen atoms in total. The highest BCUT2D eigenvalue weighted by atomic mass is 19.3. The standard InChI is InChI=1S/C25H21F2N5O.C25H22FN5O/c1-2-23(33)30-20-7-3-5-16(13-20)21-8-4-6-17-14-29-25(32-24(17)21)31-19-11-9-18(10-12-19)28-15-22(26)27;1-2-23(32)29-21-7-3-5-17(15-21)22-8-4-6-18-16-28-25(31-24(18)22)30-20-11-9-19(10-12-20)27-14-13-26/h2-14,22,28H,1,15H2,(H,30,33)(H,29,31,32);2-12,15-16,27H,1,13-14H2,(H,29,32)(H,28,30,31). The van der Waals surface area contributed by atoms with Crippen molar-refractivity contribution in [3.8, 4) is 22.3 Å². The zero-order valence-corrected chi connectivity index (χ0v) is 34.9. The van der Waals surface area contributed by atoms with E-state index in [2.05, 4.69) is 55.0 Å². The molecule has 0 saturated carbocycles. The number of benzene rings is 6. The fourth-order valence-corrected chi connectivity index (χ4v) is 6.60. The van der Waals surface area contributed by atoms with Crippen LogP contribution < -0.4 is 31.9 Å². The number of hydrogen-bond donors (Lipinski definition) is 6. The minimum absolute atomic E-state index is 0.264. The van der Waals surface area contributed by atoms with Crippen molar-refractivity contribution in [2.75, 3.05) is 51.7 Å². The summed E-state index contributed by atoms with van der Waals surface area (Å²) in [5.41, 5.74) is 9.49. The third-order valence-corrected chi connectivity index (χ3v) is 9.64. The summed E-state index contributed by atoms with van der Waals surface area (Å²) < 4.78 is 37.0. The van der Waals surface area contributed by atoms with Gasteiger partial charge in [-0.15, -0.1) is 0 Å². The van der Waals surface area contributed by atoms with Gasteiger partial charge in [-0.1, -0.05) is 73.8 Å². The maximum atomic E-state index is 12.4. The Balaban J connectivity index is 0.000000194. The van der Waals surface area contributed by atoms with E-state index in [1.165, 1.54) is 12.2 Å². The van der Waals surface area contributed by atoms with Gasteiger partial charge in [-0.05, 0) is 96.1 Å². The number of carbonyl (C=O) groups excluding carboxylic acids is 2. The molecular weight excluding hydrogens is 830 g/mol. The third-order valence-electron chi connectivity index (χ3n) is 9.64. The fraction of sp³-hybridized carbons (Fsp3) is 0.0800. The van der Waals surface area contributed by atoms with Crippen LogP contribution in [0.2, 0.25) is 0 Å². The van der Waals surface area contributed by atoms with Crippen LogP contribution in [0.4, 0.5) is 59.2 Å². The molecule has 0 radical (unpaired) electrons. The van der Waals surface area contributed by atoms with E-state index in [0.717, 1.165) is 61.1 Å². The van der Waals surface area contributed by atoms with Crippen LogP contribution in [0.5, 0.6) is 0 Å². The molecule has 0 aliphatic rings. The summed E-state index contributed by atoms with van der Waals surface area (Å²) in [6.07, 6.45) is 3.54. The van der Waals surface area contributed by atoms with Gasteiger partial charge in [0.15, 0.2) is 0 Å². The molecule has 0 fully saturated rings. The average Bonchev–Trinajstić information content (AvgIpc) is 3.33. The van der Waals surface area contributed by atoms with Crippen molar-refractivity contribution >= 4 is 79.6 Å². The normalized spacial score (nSPS) is 10.6. The Morgan fingerprint density at radius 2 is 0.985 bits per heavy atom. The van der Waals surface area contributed by atoms with Gasteiger partial charge in [0, 0.05) is 75.0 Å². The highest BCUT2D eigenvalue weighted by molar-refractivity contribution is 6.01. The molecule has 0 atom stereocenters. The molecule has 326 valence electrons. The van der Waals surface area contributed by atoms with Gasteiger partial charge in [0.05, 0.1) is 17.6 Å². The van der Waals surface area contributed by atoms with Crippen LogP contribution in [-0.2, 0) is 9.59 Å². The van der Waals surface area contributed by atoms with Crippen molar-refractivity contribution in [1.82, 2.24) is 19.9 Å². The molecule has 0 aliphatic carbocycles. The van der Waals surface area contributed by atoms with E-state index in [0.29, 0.717) is 29.0 Å². The summed E-state index contributed by atoms with van der Waals surface area (Å²) in [6.45, 7) is 6.42. The molecular formula is C50H43F3N10O2. The van der Waals surface area contributed by atoms with Crippen LogP contribution in [0, 0.1) is 0 Å². The lowest BCUT2D eigenvalue weighted by Gasteiger charge is -2.11. The first-order chi connectivity index (χ1) is 31.7. The van der Waals surface area contributed by atoms with Crippen molar-refractivity contribution in [3.63, 3.8) is 0 Å². The van der Waals surface area contributed by atoms with Gasteiger partial charge in [-0.3, -0.25) is 9.59 Å². The zero-order chi connectivity index (χ0) is 45.5. The van der Waals surface area contributed by atoms with E-state index >= 15 is 0 Å². The largest absolute Gasteiger partial charge is 0.382 e. The van der Waals surface area contributed by atoms with Crippen molar-refractivity contribution in [2.24, 2.45) is 0 Å². The summed E-state index contributed by atoms with van der Waals surface area (Å²) in [5.74, 6) is 0.319. The highest BCUT2D eigenvalue weighted by Crippen LogP contribution is 2.32. The number of hydrogen-bond acceptors (Lipinski definition) is 10. The second kappa shape index (κ2) is 21.5. The number of nitrogens with zero attached hydrogens (tertiary/aromatic N) is 4. The maximum absolute atomic E-state index is 12.4. The van der Waals surface area contributed by atoms with Gasteiger partial charge in [0.25, 0.3) is 6.43 Å². The topological polar surface area (TPSA) is 158 Å². The number of halogens is 3. The number of fused-ring (bicyclic) bond motifs is 2. The summed E-state index contributed by atoms with van der Waals surface area (Å²) in [6, 6.07) is 41.2. The molecule has 0 aliphatic heterocycles. The summed E-state index contributed by atoms with van der Waals surface area (Å²) >= 11 is 0. The number of aromatic nitrogens is 4. The van der Waals surface area contributed by atoms with E-state index in [-0.39, 0.29) is 18.4 Å². The molecule has 0 spiro atoms. The second-order valence-corrected chi connectivity index (χ2v) is 14.2. The molecule has 15 heteroatoms. The Bertz CT molecular complexity index is 2950. The van der Waals surface area contributed by atoms with Crippen LogP contribution in [0.1, 0.15) is 0 Å². The molecule has 0 unspecified atom stereocenters. The summed E-state index contributed by atoms with van der Waals surface area (Å²) in [4.78, 5) is 41.5. The first kappa shape index (κ1) is 44.5. The Morgan fingerprint density at radius 1 is 0.554 bits per heavy atom. The van der Waals surface area contributed by atoms with Gasteiger partial charge >= 0.3 is 0 Å². The van der Waals surface area contributed by atoms with Gasteiger partial charge in [0.1, 0.15) is 6.67 Å². The number of alkyl halides is 3. The highest BCUT2D eigenvalue weighted by Gasteiger charge is 2.12. The number of rotatable bonds is 16. The molecule has 2 aromatic heterocycles. The molecule has 8 aromatic rings. The van der Waals surface area contributed by atoms with Crippen LogP contribution in [-0.4, -0.2) is 57.9 Å². The molecule has 6 N–H and O–H groups in total. The van der Waals surface area contributed by atoms with Crippen LogP contribution >= 0.6 is 0 Å². The molecule has 6 aromatic carbocycles. The predicted octanol–water partition coefficient (Wildman–Crippen LogP) is 11.4. The summed E-state index contributed by atoms with van der Waals surface area (Å²) in [7, 11) is 0. The van der Waals surface area contributed by atoms with Gasteiger partial charge < -0.3 is 31.9 Å². The number of carbonyl (C=O) groups is 2. The van der Waals surface area contributed by atoms with Gasteiger partial charge in [-0.25, -0.2) is 33.1 Å². The zero-order valence-electron chi connectivity index (χ0n) is 34.9. The van der Waals surface area contributed by atoms with Gasteiger partial charge in [-0.2, -0.15) is 0 Å². The van der Waals surface area contributed by atoms with E-state index in [9.17, 15) is 22.8 Å². The van der Waals surface area contributed by atoms with Crippen molar-refractivity contribution in [3.05, 3.63) is 171 Å².